The van der Waals surface area contributed by atoms with E-state index in [4.69, 9.17) is 0 Å². The number of carbonyl (C=O) groups is 11. The van der Waals surface area contributed by atoms with Gasteiger partial charge in [-0.15, -0.1) is 0 Å². The molecule has 1 heterocycles. The number of carbonyl (C=O) groups excluding carboxylic acids is 11. The molecule has 0 aromatic rings. The van der Waals surface area contributed by atoms with E-state index in [1.807, 2.05) is 61.5 Å². The third-order valence-electron chi connectivity index (χ3n) is 16.3. The molecule has 11 amide bonds. The number of rotatable bonds is 15. The summed E-state index contributed by atoms with van der Waals surface area (Å²) in [6, 6.07) is -11.0. The van der Waals surface area contributed by atoms with Crippen LogP contribution in [0.2, 0.25) is 0 Å². The molecule has 12 atom stereocenters. The van der Waals surface area contributed by atoms with Gasteiger partial charge in [0.1, 0.15) is 54.4 Å². The van der Waals surface area contributed by atoms with Gasteiger partial charge in [-0.2, -0.15) is 0 Å². The van der Waals surface area contributed by atoms with E-state index in [2.05, 4.69) is 21.3 Å². The third-order valence-corrected chi connectivity index (χ3v) is 16.3. The number of amides is 11. The Morgan fingerprint density at radius 1 is 0.477 bits per heavy atom. The number of hydrogen-bond donors (Lipinski definition) is 5. The predicted molar refractivity (Wildman–Crippen MR) is 333 cm³/mol. The van der Waals surface area contributed by atoms with E-state index in [-0.39, 0.29) is 55.9 Å². The zero-order valence-electron chi connectivity index (χ0n) is 56.8. The monoisotopic (exact) mass is 1220 g/mol. The summed E-state index contributed by atoms with van der Waals surface area (Å²) < 4.78 is 0. The van der Waals surface area contributed by atoms with E-state index < -0.39 is 156 Å². The van der Waals surface area contributed by atoms with Crippen LogP contribution in [0.15, 0.2) is 12.2 Å². The maximum Gasteiger partial charge on any atom is 0.246 e. The van der Waals surface area contributed by atoms with Crippen molar-refractivity contribution in [2.24, 2.45) is 47.3 Å². The Kier molecular flexibility index (Phi) is 32.3. The van der Waals surface area contributed by atoms with Crippen molar-refractivity contribution in [1.29, 1.82) is 0 Å². The van der Waals surface area contributed by atoms with Crippen molar-refractivity contribution in [3.63, 3.8) is 0 Å². The normalized spacial score (nSPS) is 26.9. The van der Waals surface area contributed by atoms with Crippen molar-refractivity contribution < 1.29 is 57.8 Å². The first kappa shape index (κ1) is 77.9. The molecule has 492 valence electrons. The fraction of sp³-hybridized carbons (Fsp3) is 0.794. The maximum absolute atomic E-state index is 15.1. The number of nitrogens with zero attached hydrogens (tertiary/aromatic N) is 7. The number of likely N-dealkylation sites (N-methyl/N-ethyl adjacent to an activating group) is 7. The van der Waals surface area contributed by atoms with Crippen LogP contribution >= 0.6 is 0 Å². The van der Waals surface area contributed by atoms with Gasteiger partial charge in [0.05, 0.1) is 18.6 Å². The summed E-state index contributed by atoms with van der Waals surface area (Å²) in [6.45, 7) is 29.5. The molecule has 5 N–H and O–H groups in total. The molecular formula is C63H113N11O12. The van der Waals surface area contributed by atoms with Crippen LogP contribution in [0, 0.1) is 47.3 Å². The van der Waals surface area contributed by atoms with Crippen molar-refractivity contribution in [2.75, 3.05) is 62.4 Å². The zero-order valence-corrected chi connectivity index (χ0v) is 56.8. The summed E-state index contributed by atoms with van der Waals surface area (Å²) in [5, 5.41) is 23.1. The second-order valence-electron chi connectivity index (χ2n) is 26.5. The summed E-state index contributed by atoms with van der Waals surface area (Å²) in [5.41, 5.74) is 0. The first-order valence-electron chi connectivity index (χ1n) is 31.0. The summed E-state index contributed by atoms with van der Waals surface area (Å²) in [4.78, 5) is 168. The van der Waals surface area contributed by atoms with Gasteiger partial charge >= 0.3 is 0 Å². The molecule has 1 fully saturated rings. The lowest BCUT2D eigenvalue weighted by molar-refractivity contribution is -0.157. The lowest BCUT2D eigenvalue weighted by Crippen LogP contribution is -2.63. The Morgan fingerprint density at radius 3 is 1.40 bits per heavy atom. The second-order valence-corrected chi connectivity index (χ2v) is 26.5. The molecule has 23 nitrogen and oxygen atoms in total. The highest BCUT2D eigenvalue weighted by atomic mass is 16.3. The molecule has 1 unspecified atom stereocenters. The van der Waals surface area contributed by atoms with Crippen LogP contribution in [0.1, 0.15) is 156 Å². The minimum Gasteiger partial charge on any atom is -0.390 e. The molecule has 0 saturated carbocycles. The molecule has 0 bridgehead atoms. The van der Waals surface area contributed by atoms with Gasteiger partial charge in [0.15, 0.2) is 0 Å². The second kappa shape index (κ2) is 35.6. The van der Waals surface area contributed by atoms with Gasteiger partial charge in [0, 0.05) is 55.9 Å². The molecule has 0 aliphatic carbocycles. The average molecular weight is 1220 g/mol. The predicted octanol–water partition coefficient (Wildman–Crippen LogP) is 3.52. The SMILES string of the molecule is C/C=C/C[C@@H](C)[C@@H](O)C1C(=O)N[C@@H](CC)C(=O)N(C)CC(=O)N(C)C[C@@H](CC(C)C)C(=O)N[C@@H](C(C)C)C(=O)N(C)[C@@H](CC(C)C)C(=O)N[C@@H](C)C(=O)N[C@H](C)C(=O)N(C)[C@@H](CC(C)C)C(=O)N(C)[C@@H](CC(C)C)C(=O)N(C)[C@@H](C(C)C)C(=O)N1C. The highest BCUT2D eigenvalue weighted by Crippen LogP contribution is 2.26. The van der Waals surface area contributed by atoms with Gasteiger partial charge < -0.3 is 60.7 Å². The van der Waals surface area contributed by atoms with Crippen LogP contribution < -0.4 is 21.3 Å². The molecular weight excluding hydrogens is 1100 g/mol. The first-order chi connectivity index (χ1) is 39.7. The topological polar surface area (TPSA) is 279 Å². The van der Waals surface area contributed by atoms with Crippen LogP contribution in [0.5, 0.6) is 0 Å². The van der Waals surface area contributed by atoms with E-state index >= 15 is 9.59 Å². The van der Waals surface area contributed by atoms with Crippen molar-refractivity contribution >= 4 is 65.0 Å². The van der Waals surface area contributed by atoms with Crippen molar-refractivity contribution in [2.45, 2.75) is 217 Å². The Hall–Kier alpha value is -6.13. The Bertz CT molecular complexity index is 2340. The number of aliphatic hydroxyl groups is 1. The van der Waals surface area contributed by atoms with Gasteiger partial charge in [-0.3, -0.25) is 52.7 Å². The van der Waals surface area contributed by atoms with Crippen LogP contribution in [0.25, 0.3) is 0 Å². The van der Waals surface area contributed by atoms with Gasteiger partial charge in [-0.05, 0) is 101 Å². The maximum atomic E-state index is 15.1. The largest absolute Gasteiger partial charge is 0.390 e. The molecule has 1 aliphatic rings. The molecule has 86 heavy (non-hydrogen) atoms. The van der Waals surface area contributed by atoms with E-state index in [1.54, 1.807) is 54.5 Å². The fourth-order valence-electron chi connectivity index (χ4n) is 10.9. The molecule has 0 aromatic carbocycles. The molecule has 1 saturated heterocycles. The quantitative estimate of drug-likeness (QED) is 0.147. The number of hydrogen-bond acceptors (Lipinski definition) is 12. The summed E-state index contributed by atoms with van der Waals surface area (Å²) in [5.74, 6) is -9.97. The van der Waals surface area contributed by atoms with E-state index in [9.17, 15) is 48.3 Å². The summed E-state index contributed by atoms with van der Waals surface area (Å²) in [7, 11) is 10.1. The van der Waals surface area contributed by atoms with Crippen LogP contribution in [0.3, 0.4) is 0 Å². The number of aliphatic hydroxyl groups excluding tert-OH is 1. The van der Waals surface area contributed by atoms with Gasteiger partial charge in [0.25, 0.3) is 0 Å². The smallest absolute Gasteiger partial charge is 0.246 e. The Balaban J connectivity index is 4.27. The average Bonchev–Trinajstić information content (AvgIpc) is 1.28. The van der Waals surface area contributed by atoms with Crippen molar-refractivity contribution in [1.82, 2.24) is 55.6 Å². The van der Waals surface area contributed by atoms with Crippen LogP contribution in [-0.4, -0.2) is 227 Å². The molecule has 23 heteroatoms. The van der Waals surface area contributed by atoms with E-state index in [0.29, 0.717) is 12.8 Å². The zero-order chi connectivity index (χ0) is 66.7. The Morgan fingerprint density at radius 2 is 0.930 bits per heavy atom. The molecule has 0 aromatic heterocycles. The number of nitrogens with one attached hydrogen (secondary N) is 4. The lowest BCUT2D eigenvalue weighted by Gasteiger charge is -2.41. The summed E-state index contributed by atoms with van der Waals surface area (Å²) in [6.07, 6.45) is 3.27. The molecule has 1 rings (SSSR count). The van der Waals surface area contributed by atoms with Crippen LogP contribution in [-0.2, 0) is 52.7 Å². The third kappa shape index (κ3) is 22.2. The van der Waals surface area contributed by atoms with Crippen molar-refractivity contribution in [3.8, 4) is 0 Å². The highest BCUT2D eigenvalue weighted by Gasteiger charge is 2.45. The van der Waals surface area contributed by atoms with Gasteiger partial charge in [-0.25, -0.2) is 0 Å². The standard InChI is InChI=1S/C63H113N11O12/c1-25-27-28-41(15)53(76)52-57(80)66-45(26-2)59(82)69(19)34-49(75)68(18)33-44(29-35(3)4)55(78)67-50(39(11)12)62(85)70(20)46(30-36(5)6)56(79)64-42(16)54(77)65-43(17)58(81)71(21)47(31-37(7)8)60(83)72(22)48(32-38(9)10)61(84)73(23)51(40(13)14)63(86)74(52)24/h25,27,35-48,50-53,76H,26,28-34H2,1-24H3,(H,64,79)(H,65,77)(H,66,80)(H,67,78)/b27-25+/t41-,42+,43-,44-,45+,46+,47+,48+,50+,51+,52?,53-/m1/s1. The van der Waals surface area contributed by atoms with Crippen LogP contribution in [0.4, 0.5) is 0 Å². The molecule has 0 radical (unpaired) electrons. The Labute approximate surface area is 515 Å². The highest BCUT2D eigenvalue weighted by molar-refractivity contribution is 5.99. The van der Waals surface area contributed by atoms with E-state index in [0.717, 1.165) is 9.80 Å². The van der Waals surface area contributed by atoms with Crippen molar-refractivity contribution in [3.05, 3.63) is 12.2 Å². The lowest BCUT2D eigenvalue weighted by atomic mass is 9.91. The number of allylic oxidation sites excluding steroid dienone is 2. The first-order valence-corrected chi connectivity index (χ1v) is 31.0. The minimum absolute atomic E-state index is 0.0352. The minimum atomic E-state index is -1.60. The molecule has 1 aliphatic heterocycles. The van der Waals surface area contributed by atoms with Gasteiger partial charge in [0.2, 0.25) is 65.0 Å². The van der Waals surface area contributed by atoms with Gasteiger partial charge in [-0.1, -0.05) is 109 Å². The van der Waals surface area contributed by atoms with E-state index in [1.165, 1.54) is 87.7 Å². The fourth-order valence-corrected chi connectivity index (χ4v) is 10.9. The summed E-state index contributed by atoms with van der Waals surface area (Å²) >= 11 is 0. The molecule has 0 spiro atoms.